The molecule has 0 spiro atoms. The summed E-state index contributed by atoms with van der Waals surface area (Å²) in [5, 5.41) is 0. The summed E-state index contributed by atoms with van der Waals surface area (Å²) in [6.07, 6.45) is 8.23. The fourth-order valence-corrected chi connectivity index (χ4v) is 6.98. The van der Waals surface area contributed by atoms with Crippen LogP contribution in [0.15, 0.2) is 11.6 Å². The van der Waals surface area contributed by atoms with Gasteiger partial charge in [0.2, 0.25) is 0 Å². The number of allylic oxidation sites excluding steroid dienone is 2. The van der Waals surface area contributed by atoms with Gasteiger partial charge in [-0.15, -0.1) is 0 Å². The van der Waals surface area contributed by atoms with E-state index in [1.807, 2.05) is 5.57 Å². The minimum absolute atomic E-state index is 0.539. The van der Waals surface area contributed by atoms with E-state index in [-0.39, 0.29) is 0 Å². The van der Waals surface area contributed by atoms with Crippen molar-refractivity contribution in [3.05, 3.63) is 11.6 Å². The maximum atomic E-state index is 2.66. The van der Waals surface area contributed by atoms with E-state index in [1.54, 1.807) is 0 Å². The van der Waals surface area contributed by atoms with Gasteiger partial charge in [0.1, 0.15) is 0 Å². The third-order valence-corrected chi connectivity index (χ3v) is 8.86. The van der Waals surface area contributed by atoms with E-state index in [9.17, 15) is 0 Å². The van der Waals surface area contributed by atoms with Crippen LogP contribution < -0.4 is 0 Å². The molecular formula is C21H36. The molecule has 0 radical (unpaired) electrons. The quantitative estimate of drug-likeness (QED) is 0.519. The highest BCUT2D eigenvalue weighted by atomic mass is 14.7. The Kier molecular flexibility index (Phi) is 3.62. The Hall–Kier alpha value is -0.260. The zero-order valence-electron chi connectivity index (χ0n) is 15.4. The highest BCUT2D eigenvalue weighted by Gasteiger charge is 2.69. The van der Waals surface area contributed by atoms with Crippen LogP contribution in [-0.4, -0.2) is 0 Å². The third-order valence-electron chi connectivity index (χ3n) is 8.86. The van der Waals surface area contributed by atoms with Gasteiger partial charge in [-0.05, 0) is 59.7 Å². The van der Waals surface area contributed by atoms with Gasteiger partial charge in [0.05, 0.1) is 0 Å². The minimum Gasteiger partial charge on any atom is -0.0769 e. The van der Waals surface area contributed by atoms with E-state index in [2.05, 4.69) is 54.5 Å². The second-order valence-electron chi connectivity index (χ2n) is 8.73. The lowest BCUT2D eigenvalue weighted by molar-refractivity contribution is 0.00445. The van der Waals surface area contributed by atoms with Gasteiger partial charge in [0, 0.05) is 5.92 Å². The number of fused-ring (bicyclic) bond motifs is 1. The molecule has 0 saturated heterocycles. The molecule has 3 aliphatic rings. The fourth-order valence-electron chi connectivity index (χ4n) is 6.98. The van der Waals surface area contributed by atoms with E-state index >= 15 is 0 Å². The normalized spacial score (nSPS) is 50.9. The maximum Gasteiger partial charge on any atom is 0.00165 e. The van der Waals surface area contributed by atoms with Crippen molar-refractivity contribution in [2.45, 2.75) is 74.1 Å². The molecule has 0 aliphatic heterocycles. The third kappa shape index (κ3) is 1.80. The van der Waals surface area contributed by atoms with Crippen LogP contribution in [0.5, 0.6) is 0 Å². The van der Waals surface area contributed by atoms with E-state index in [4.69, 9.17) is 0 Å². The summed E-state index contributed by atoms with van der Waals surface area (Å²) in [4.78, 5) is 0. The molecule has 0 aromatic carbocycles. The zero-order valence-corrected chi connectivity index (χ0v) is 15.4. The van der Waals surface area contributed by atoms with Gasteiger partial charge in [-0.3, -0.25) is 0 Å². The molecule has 3 rings (SSSR count). The maximum absolute atomic E-state index is 2.66. The van der Waals surface area contributed by atoms with Crippen LogP contribution in [0, 0.1) is 46.3 Å². The largest absolute Gasteiger partial charge is 0.0769 e. The average molecular weight is 289 g/mol. The lowest BCUT2D eigenvalue weighted by Gasteiger charge is -2.50. The average Bonchev–Trinajstić information content (AvgIpc) is 3.37. The fraction of sp³-hybridized carbons (Fsp3) is 0.905. The first-order valence-corrected chi connectivity index (χ1v) is 9.60. The predicted molar refractivity (Wildman–Crippen MR) is 92.1 cm³/mol. The Morgan fingerprint density at radius 1 is 1.14 bits per heavy atom. The highest BCUT2D eigenvalue weighted by molar-refractivity contribution is 5.37. The molecule has 0 aromatic heterocycles. The highest BCUT2D eigenvalue weighted by Crippen LogP contribution is 2.75. The van der Waals surface area contributed by atoms with Crippen molar-refractivity contribution in [3.8, 4) is 0 Å². The van der Waals surface area contributed by atoms with Crippen molar-refractivity contribution in [1.29, 1.82) is 0 Å². The Morgan fingerprint density at radius 3 is 2.19 bits per heavy atom. The van der Waals surface area contributed by atoms with E-state index in [0.29, 0.717) is 10.8 Å². The molecule has 0 heteroatoms. The summed E-state index contributed by atoms with van der Waals surface area (Å²) in [7, 11) is 0. The molecule has 7 atom stereocenters. The summed E-state index contributed by atoms with van der Waals surface area (Å²) in [5.74, 6) is 5.44. The van der Waals surface area contributed by atoms with Gasteiger partial charge >= 0.3 is 0 Å². The summed E-state index contributed by atoms with van der Waals surface area (Å²) in [5.41, 5.74) is 2.98. The lowest BCUT2D eigenvalue weighted by Crippen LogP contribution is -2.43. The van der Waals surface area contributed by atoms with Gasteiger partial charge < -0.3 is 0 Å². The van der Waals surface area contributed by atoms with Crippen LogP contribution in [0.25, 0.3) is 0 Å². The molecule has 2 saturated carbocycles. The molecule has 21 heavy (non-hydrogen) atoms. The van der Waals surface area contributed by atoms with E-state index in [0.717, 1.165) is 35.5 Å². The summed E-state index contributed by atoms with van der Waals surface area (Å²) in [6.45, 7) is 17.5. The lowest BCUT2D eigenvalue weighted by atomic mass is 9.55. The first-order valence-electron chi connectivity index (χ1n) is 9.60. The van der Waals surface area contributed by atoms with Crippen molar-refractivity contribution in [1.82, 2.24) is 0 Å². The first kappa shape index (κ1) is 15.6. The van der Waals surface area contributed by atoms with Crippen molar-refractivity contribution in [2.24, 2.45) is 46.3 Å². The molecule has 7 unspecified atom stereocenters. The Labute approximate surface area is 132 Å². The topological polar surface area (TPSA) is 0 Å². The molecule has 2 fully saturated rings. The van der Waals surface area contributed by atoms with Crippen LogP contribution in [0.4, 0.5) is 0 Å². The van der Waals surface area contributed by atoms with Gasteiger partial charge in [-0.2, -0.15) is 0 Å². The summed E-state index contributed by atoms with van der Waals surface area (Å²) in [6, 6.07) is 0. The van der Waals surface area contributed by atoms with Gasteiger partial charge in [0.15, 0.2) is 0 Å². The molecule has 0 N–H and O–H groups in total. The van der Waals surface area contributed by atoms with E-state index < -0.39 is 0 Å². The second kappa shape index (κ2) is 4.87. The Morgan fingerprint density at radius 2 is 1.76 bits per heavy atom. The Balaban J connectivity index is 1.91. The van der Waals surface area contributed by atoms with Crippen LogP contribution in [-0.2, 0) is 0 Å². The Bertz CT molecular complexity index is 437. The first-order chi connectivity index (χ1) is 9.88. The van der Waals surface area contributed by atoms with Crippen LogP contribution in [0.1, 0.15) is 74.1 Å². The van der Waals surface area contributed by atoms with Crippen molar-refractivity contribution in [3.63, 3.8) is 0 Å². The number of hydrogen-bond acceptors (Lipinski definition) is 0. The van der Waals surface area contributed by atoms with Crippen LogP contribution in [0.3, 0.4) is 0 Å². The molecule has 120 valence electrons. The summed E-state index contributed by atoms with van der Waals surface area (Å²) >= 11 is 0. The van der Waals surface area contributed by atoms with Gasteiger partial charge in [-0.25, -0.2) is 0 Å². The zero-order chi connectivity index (χ0) is 15.6. The SMILES string of the molecule is CCC1CC(C(C)(CC)C2(CC)C(C)C2C)C2C=C2C1C. The molecule has 0 heterocycles. The molecule has 0 aromatic rings. The van der Waals surface area contributed by atoms with Gasteiger partial charge in [0.25, 0.3) is 0 Å². The summed E-state index contributed by atoms with van der Waals surface area (Å²) < 4.78 is 0. The van der Waals surface area contributed by atoms with Crippen molar-refractivity contribution >= 4 is 0 Å². The minimum atomic E-state index is 0.539. The van der Waals surface area contributed by atoms with Gasteiger partial charge in [-0.1, -0.05) is 66.5 Å². The molecular weight excluding hydrogens is 252 g/mol. The van der Waals surface area contributed by atoms with Crippen LogP contribution in [0.2, 0.25) is 0 Å². The van der Waals surface area contributed by atoms with Crippen molar-refractivity contribution in [2.75, 3.05) is 0 Å². The number of rotatable bonds is 5. The van der Waals surface area contributed by atoms with Crippen LogP contribution >= 0.6 is 0 Å². The smallest absolute Gasteiger partial charge is 0.00165 e. The molecule has 0 amide bonds. The second-order valence-corrected chi connectivity index (χ2v) is 8.73. The standard InChI is InChI=1S/C21H36/c1-8-16-11-19(18-12-17(18)13(16)4)20(7,9-2)21(10-3)14(5)15(21)6/h12-16,18-19H,8-11H2,1-7H3. The predicted octanol–water partition coefficient (Wildman–Crippen LogP) is 6.32. The molecule has 0 nitrogen and oxygen atoms in total. The monoisotopic (exact) mass is 288 g/mol. The molecule has 0 bridgehead atoms. The molecule has 3 aliphatic carbocycles. The van der Waals surface area contributed by atoms with E-state index in [1.165, 1.54) is 25.7 Å². The van der Waals surface area contributed by atoms with Crippen molar-refractivity contribution < 1.29 is 0 Å². The number of hydrogen-bond donors (Lipinski definition) is 0.